The lowest BCUT2D eigenvalue weighted by atomic mass is 10.3. The van der Waals surface area contributed by atoms with Crippen molar-refractivity contribution in [2.24, 2.45) is 0 Å². The van der Waals surface area contributed by atoms with Crippen LogP contribution in [-0.4, -0.2) is 60.4 Å². The quantitative estimate of drug-likeness (QED) is 0.906. The molecule has 0 radical (unpaired) electrons. The van der Waals surface area contributed by atoms with Crippen LogP contribution in [0.3, 0.4) is 0 Å². The molecule has 6 heteroatoms. The van der Waals surface area contributed by atoms with Gasteiger partial charge in [-0.1, -0.05) is 0 Å². The number of aryl methyl sites for hydroxylation is 1. The fourth-order valence-corrected chi connectivity index (χ4v) is 3.35. The van der Waals surface area contributed by atoms with E-state index < -0.39 is 0 Å². The lowest BCUT2D eigenvalue weighted by Crippen LogP contribution is -2.51. The lowest BCUT2D eigenvalue weighted by Gasteiger charge is -2.34. The van der Waals surface area contributed by atoms with Gasteiger partial charge < -0.3 is 10.2 Å². The van der Waals surface area contributed by atoms with E-state index in [1.165, 1.54) is 0 Å². The second-order valence-corrected chi connectivity index (χ2v) is 7.11. The van der Waals surface area contributed by atoms with E-state index in [1.54, 1.807) is 11.3 Å². The molecule has 2 fully saturated rings. The summed E-state index contributed by atoms with van der Waals surface area (Å²) >= 11 is 1.55. The van der Waals surface area contributed by atoms with E-state index in [4.69, 9.17) is 0 Å². The van der Waals surface area contributed by atoms with Crippen LogP contribution >= 0.6 is 11.3 Å². The predicted molar refractivity (Wildman–Crippen MR) is 82.6 cm³/mol. The molecule has 1 aliphatic carbocycles. The van der Waals surface area contributed by atoms with Gasteiger partial charge in [0, 0.05) is 37.1 Å². The standard InChI is InChI=1S/C15H21N3O2S/c1-11-2-5-13(21-11)15(20)18-8-6-17(7-9-18)10-14(19)16-12-3-4-12/h2,5,12H,3-4,6-10H2,1H3,(H,16,19). The van der Waals surface area contributed by atoms with E-state index in [0.29, 0.717) is 25.7 Å². The van der Waals surface area contributed by atoms with Gasteiger partial charge in [0.2, 0.25) is 5.91 Å². The fraction of sp³-hybridized carbons (Fsp3) is 0.600. The Balaban J connectivity index is 1.46. The van der Waals surface area contributed by atoms with Gasteiger partial charge in [-0.2, -0.15) is 0 Å². The number of carbonyl (C=O) groups is 2. The zero-order valence-electron chi connectivity index (χ0n) is 12.3. The van der Waals surface area contributed by atoms with Crippen molar-refractivity contribution in [2.45, 2.75) is 25.8 Å². The first-order valence-corrected chi connectivity index (χ1v) is 8.31. The number of nitrogens with zero attached hydrogens (tertiary/aromatic N) is 2. The van der Waals surface area contributed by atoms with Crippen molar-refractivity contribution in [1.82, 2.24) is 15.1 Å². The second-order valence-electron chi connectivity index (χ2n) is 5.82. The molecule has 0 unspecified atom stereocenters. The molecule has 1 saturated carbocycles. The highest BCUT2D eigenvalue weighted by molar-refractivity contribution is 7.13. The molecule has 2 heterocycles. The third-order valence-corrected chi connectivity index (χ3v) is 4.91. The number of hydrogen-bond acceptors (Lipinski definition) is 4. The highest BCUT2D eigenvalue weighted by Gasteiger charge is 2.26. The Hall–Kier alpha value is -1.40. The third-order valence-electron chi connectivity index (χ3n) is 3.92. The van der Waals surface area contributed by atoms with Crippen LogP contribution in [0.2, 0.25) is 0 Å². The maximum absolute atomic E-state index is 12.3. The van der Waals surface area contributed by atoms with Crippen LogP contribution in [0, 0.1) is 6.92 Å². The molecule has 5 nitrogen and oxygen atoms in total. The molecular formula is C15H21N3O2S. The number of carbonyl (C=O) groups excluding carboxylic acids is 2. The van der Waals surface area contributed by atoms with E-state index in [0.717, 1.165) is 35.7 Å². The van der Waals surface area contributed by atoms with Gasteiger partial charge in [-0.05, 0) is 31.9 Å². The van der Waals surface area contributed by atoms with E-state index in [-0.39, 0.29) is 11.8 Å². The monoisotopic (exact) mass is 307 g/mol. The summed E-state index contributed by atoms with van der Waals surface area (Å²) in [7, 11) is 0. The maximum Gasteiger partial charge on any atom is 0.264 e. The number of amides is 2. The second kappa shape index (κ2) is 6.15. The predicted octanol–water partition coefficient (Wildman–Crippen LogP) is 1.09. The van der Waals surface area contributed by atoms with Crippen LogP contribution in [0.15, 0.2) is 12.1 Å². The summed E-state index contributed by atoms with van der Waals surface area (Å²) in [6, 6.07) is 4.30. The van der Waals surface area contributed by atoms with Gasteiger partial charge in [0.25, 0.3) is 5.91 Å². The lowest BCUT2D eigenvalue weighted by molar-refractivity contribution is -0.122. The number of hydrogen-bond donors (Lipinski definition) is 1. The summed E-state index contributed by atoms with van der Waals surface area (Å²) in [5, 5.41) is 3.00. The van der Waals surface area contributed by atoms with Crippen molar-refractivity contribution in [3.8, 4) is 0 Å². The smallest absolute Gasteiger partial charge is 0.264 e. The topological polar surface area (TPSA) is 52.7 Å². The molecule has 0 bridgehead atoms. The molecule has 1 aliphatic heterocycles. The fourth-order valence-electron chi connectivity index (χ4n) is 2.52. The molecule has 114 valence electrons. The van der Waals surface area contributed by atoms with Crippen molar-refractivity contribution < 1.29 is 9.59 Å². The Morgan fingerprint density at radius 2 is 1.95 bits per heavy atom. The van der Waals surface area contributed by atoms with Crippen LogP contribution in [-0.2, 0) is 4.79 Å². The Morgan fingerprint density at radius 3 is 2.52 bits per heavy atom. The third kappa shape index (κ3) is 3.83. The van der Waals surface area contributed by atoms with Gasteiger partial charge in [-0.25, -0.2) is 0 Å². The summed E-state index contributed by atoms with van der Waals surface area (Å²) in [4.78, 5) is 30.1. The zero-order valence-corrected chi connectivity index (χ0v) is 13.1. The van der Waals surface area contributed by atoms with Gasteiger partial charge in [-0.3, -0.25) is 14.5 Å². The van der Waals surface area contributed by atoms with Crippen molar-refractivity contribution in [2.75, 3.05) is 32.7 Å². The Morgan fingerprint density at radius 1 is 1.24 bits per heavy atom. The first-order chi connectivity index (χ1) is 10.1. The number of thiophene rings is 1. The molecule has 0 atom stereocenters. The van der Waals surface area contributed by atoms with E-state index in [9.17, 15) is 9.59 Å². The van der Waals surface area contributed by atoms with Gasteiger partial charge >= 0.3 is 0 Å². The maximum atomic E-state index is 12.3. The summed E-state index contributed by atoms with van der Waals surface area (Å²) in [5.74, 6) is 0.237. The molecule has 1 saturated heterocycles. The first kappa shape index (κ1) is 14.5. The van der Waals surface area contributed by atoms with E-state index in [2.05, 4.69) is 10.2 Å². The molecule has 0 spiro atoms. The van der Waals surface area contributed by atoms with Gasteiger partial charge in [0.15, 0.2) is 0 Å². The molecule has 1 N–H and O–H groups in total. The van der Waals surface area contributed by atoms with Crippen molar-refractivity contribution in [3.63, 3.8) is 0 Å². The highest BCUT2D eigenvalue weighted by Crippen LogP contribution is 2.19. The van der Waals surface area contributed by atoms with Crippen LogP contribution < -0.4 is 5.32 Å². The zero-order chi connectivity index (χ0) is 14.8. The van der Waals surface area contributed by atoms with Crippen LogP contribution in [0.1, 0.15) is 27.4 Å². The molecule has 0 aromatic carbocycles. The molecule has 2 amide bonds. The Labute approximate surface area is 128 Å². The summed E-state index contributed by atoms with van der Waals surface area (Å²) < 4.78 is 0. The van der Waals surface area contributed by atoms with Gasteiger partial charge in [0.1, 0.15) is 0 Å². The minimum atomic E-state index is 0.117. The summed E-state index contributed by atoms with van der Waals surface area (Å²) in [6.45, 7) is 5.41. The molecule has 1 aromatic rings. The average molecular weight is 307 g/mol. The molecule has 2 aliphatic rings. The van der Waals surface area contributed by atoms with Crippen molar-refractivity contribution in [3.05, 3.63) is 21.9 Å². The highest BCUT2D eigenvalue weighted by atomic mass is 32.1. The Bertz CT molecular complexity index is 531. The van der Waals surface area contributed by atoms with Crippen LogP contribution in [0.25, 0.3) is 0 Å². The largest absolute Gasteiger partial charge is 0.352 e. The summed E-state index contributed by atoms with van der Waals surface area (Å²) in [5.41, 5.74) is 0. The van der Waals surface area contributed by atoms with E-state index in [1.807, 2.05) is 24.0 Å². The molecule has 21 heavy (non-hydrogen) atoms. The SMILES string of the molecule is Cc1ccc(C(=O)N2CCN(CC(=O)NC3CC3)CC2)s1. The van der Waals surface area contributed by atoms with Crippen molar-refractivity contribution >= 4 is 23.2 Å². The van der Waals surface area contributed by atoms with Gasteiger partial charge in [0.05, 0.1) is 11.4 Å². The van der Waals surface area contributed by atoms with Crippen LogP contribution in [0.5, 0.6) is 0 Å². The first-order valence-electron chi connectivity index (χ1n) is 7.49. The molecular weight excluding hydrogens is 286 g/mol. The molecule has 1 aromatic heterocycles. The normalized spacial score (nSPS) is 19.6. The Kier molecular flexibility index (Phi) is 4.26. The molecule has 3 rings (SSSR count). The van der Waals surface area contributed by atoms with Crippen LogP contribution in [0.4, 0.5) is 0 Å². The van der Waals surface area contributed by atoms with Gasteiger partial charge in [-0.15, -0.1) is 11.3 Å². The number of piperazine rings is 1. The minimum Gasteiger partial charge on any atom is -0.352 e. The average Bonchev–Trinajstić information content (AvgIpc) is 3.17. The summed E-state index contributed by atoms with van der Waals surface area (Å²) in [6.07, 6.45) is 2.24. The van der Waals surface area contributed by atoms with Crippen molar-refractivity contribution in [1.29, 1.82) is 0 Å². The van der Waals surface area contributed by atoms with E-state index >= 15 is 0 Å². The number of rotatable bonds is 4. The number of nitrogens with one attached hydrogen (secondary N) is 1. The minimum absolute atomic E-state index is 0.117.